The summed E-state index contributed by atoms with van der Waals surface area (Å²) in [5.74, 6) is 0.788. The van der Waals surface area contributed by atoms with Crippen molar-refractivity contribution in [1.82, 2.24) is 38.0 Å². The molecule has 0 aromatic carbocycles. The molecule has 0 radical (unpaired) electrons. The van der Waals surface area contributed by atoms with E-state index >= 15 is 0 Å². The molecule has 340 valence electrons. The Kier molecular flexibility index (Phi) is 25.8. The van der Waals surface area contributed by atoms with E-state index in [0.717, 1.165) is 51.4 Å². The third kappa shape index (κ3) is 20.5. The Balaban J connectivity index is 0.000000385. The third-order valence-corrected chi connectivity index (χ3v) is 13.6. The van der Waals surface area contributed by atoms with E-state index < -0.39 is 10.2 Å². The molecule has 4 heterocycles. The highest BCUT2D eigenvalue weighted by molar-refractivity contribution is 7.86. The largest absolute Gasteiger partial charge is 0.375 e. The Labute approximate surface area is 354 Å². The van der Waals surface area contributed by atoms with Crippen LogP contribution in [0.1, 0.15) is 124 Å². The van der Waals surface area contributed by atoms with Crippen molar-refractivity contribution < 1.29 is 17.9 Å². The molecule has 57 heavy (non-hydrogen) atoms. The van der Waals surface area contributed by atoms with Crippen molar-refractivity contribution in [2.75, 3.05) is 105 Å². The summed E-state index contributed by atoms with van der Waals surface area (Å²) in [6.07, 6.45) is 3.30. The fraction of sp³-hybridized carbons (Fsp3) is 0.977. The van der Waals surface area contributed by atoms with Gasteiger partial charge in [-0.3, -0.25) is 24.4 Å². The highest BCUT2D eigenvalue weighted by atomic mass is 32.2. The summed E-state index contributed by atoms with van der Waals surface area (Å²) in [4.78, 5) is 26.0. The minimum Gasteiger partial charge on any atom is -0.375 e. The minimum absolute atomic E-state index is 0.139. The molecular weight excluding hydrogens is 737 g/mol. The maximum absolute atomic E-state index is 12.3. The molecule has 0 aromatic rings. The quantitative estimate of drug-likeness (QED) is 0.245. The minimum atomic E-state index is -3.27. The van der Waals surface area contributed by atoms with Crippen LogP contribution >= 0.6 is 0 Å². The molecule has 0 N–H and O–H groups in total. The molecule has 4 rings (SSSR count). The molecule has 4 fully saturated rings. The molecular formula is C44H94N8O4S. The first-order chi connectivity index (χ1) is 26.5. The zero-order chi connectivity index (χ0) is 43.6. The summed E-state index contributed by atoms with van der Waals surface area (Å²) in [5.41, 5.74) is 0. The average Bonchev–Trinajstić information content (AvgIpc) is 3.15. The molecule has 4 saturated heterocycles. The van der Waals surface area contributed by atoms with Crippen LogP contribution < -0.4 is 0 Å². The van der Waals surface area contributed by atoms with Crippen molar-refractivity contribution in [2.24, 2.45) is 11.8 Å². The molecule has 0 saturated carbocycles. The van der Waals surface area contributed by atoms with Crippen LogP contribution in [0.25, 0.3) is 0 Å². The van der Waals surface area contributed by atoms with Crippen molar-refractivity contribution >= 4 is 16.1 Å². The maximum Gasteiger partial charge on any atom is 0.281 e. The Bertz CT molecular complexity index is 1130. The lowest BCUT2D eigenvalue weighted by molar-refractivity contribution is -0.136. The summed E-state index contributed by atoms with van der Waals surface area (Å²) < 4.78 is 33.5. The smallest absolute Gasteiger partial charge is 0.281 e. The Hall–Kier alpha value is -0.900. The number of rotatable bonds is 12. The Morgan fingerprint density at radius 1 is 0.526 bits per heavy atom. The SMILES string of the molecule is CC(C)C(=O)N1CCN(C(C)C)CC1.CC(C)CN(C)S(=O)(=O)N1CCN(C(C)C)CC1.CC(C)N1CCN(C(C)C)CC1.CC(C)OC1CCN(C(C)C)CC1. The second kappa shape index (κ2) is 27.1. The molecule has 0 unspecified atom stereocenters. The predicted octanol–water partition coefficient (Wildman–Crippen LogP) is 5.75. The van der Waals surface area contributed by atoms with Crippen LogP contribution in [0.5, 0.6) is 0 Å². The number of piperidine rings is 1. The van der Waals surface area contributed by atoms with Crippen molar-refractivity contribution in [1.29, 1.82) is 0 Å². The van der Waals surface area contributed by atoms with Crippen LogP contribution in [0.15, 0.2) is 0 Å². The van der Waals surface area contributed by atoms with E-state index in [4.69, 9.17) is 4.74 Å². The van der Waals surface area contributed by atoms with E-state index in [9.17, 15) is 13.2 Å². The molecule has 13 heteroatoms. The average molecular weight is 831 g/mol. The van der Waals surface area contributed by atoms with E-state index in [0.29, 0.717) is 61.8 Å². The van der Waals surface area contributed by atoms with Gasteiger partial charge in [-0.15, -0.1) is 0 Å². The number of nitrogens with zero attached hydrogens (tertiary/aromatic N) is 8. The number of hydrogen-bond acceptors (Lipinski definition) is 9. The first-order valence-electron chi connectivity index (χ1n) is 22.8. The van der Waals surface area contributed by atoms with Crippen LogP contribution in [0.2, 0.25) is 0 Å². The highest BCUT2D eigenvalue weighted by Gasteiger charge is 2.31. The first kappa shape index (κ1) is 54.1. The van der Waals surface area contributed by atoms with E-state index in [1.54, 1.807) is 11.4 Å². The number of ether oxygens (including phenoxy) is 1. The van der Waals surface area contributed by atoms with Gasteiger partial charge in [0.2, 0.25) is 5.91 Å². The molecule has 4 aliphatic heterocycles. The van der Waals surface area contributed by atoms with Gasteiger partial charge >= 0.3 is 0 Å². The van der Waals surface area contributed by atoms with Crippen LogP contribution in [0, 0.1) is 11.8 Å². The summed E-state index contributed by atoms with van der Waals surface area (Å²) >= 11 is 0. The standard InChI is InChI=1S/C12H27N3O2S.C11H22N2O.C11H23NO.C10H22N2/c1-11(2)10-13(5)18(16,17)15-8-6-14(7-9-15)12(3)4;1-9(2)11(14)13-7-5-12(6-8-13)10(3)4;1-9(2)12-7-5-11(6-8-12)13-10(3)4;1-9(2)11-5-7-12(8-6-11)10(3)4/h11-12H,6-10H2,1-5H3;9-10H,5-8H2,1-4H3;9-11H,5-8H2,1-4H3;9-10H,5-8H2,1-4H3. The lowest BCUT2D eigenvalue weighted by atomic mass is 10.1. The molecule has 0 aromatic heterocycles. The summed E-state index contributed by atoms with van der Waals surface area (Å²) in [6.45, 7) is 49.3. The van der Waals surface area contributed by atoms with Crippen molar-refractivity contribution in [3.8, 4) is 0 Å². The van der Waals surface area contributed by atoms with Gasteiger partial charge in [-0.25, -0.2) is 0 Å². The number of carbonyl (C=O) groups excluding carboxylic acids is 1. The van der Waals surface area contributed by atoms with Crippen LogP contribution in [-0.4, -0.2) is 200 Å². The van der Waals surface area contributed by atoms with Crippen LogP contribution in [0.4, 0.5) is 0 Å². The fourth-order valence-electron chi connectivity index (χ4n) is 7.76. The second-order valence-electron chi connectivity index (χ2n) is 19.1. The number of carbonyl (C=O) groups is 1. The van der Waals surface area contributed by atoms with Gasteiger partial charge in [-0.05, 0) is 102 Å². The topological polar surface area (TPSA) is 86.4 Å². The lowest BCUT2D eigenvalue weighted by Gasteiger charge is -2.38. The molecule has 1 amide bonds. The van der Waals surface area contributed by atoms with Crippen LogP contribution in [0.3, 0.4) is 0 Å². The summed E-state index contributed by atoms with van der Waals surface area (Å²) in [6, 6.07) is 3.23. The zero-order valence-electron chi connectivity index (χ0n) is 40.3. The molecule has 0 atom stereocenters. The van der Waals surface area contributed by atoms with Gasteiger partial charge in [-0.1, -0.05) is 27.7 Å². The number of amides is 1. The highest BCUT2D eigenvalue weighted by Crippen LogP contribution is 2.17. The zero-order valence-corrected chi connectivity index (χ0v) is 41.2. The second-order valence-corrected chi connectivity index (χ2v) is 21.1. The normalized spacial score (nSPS) is 20.8. The monoisotopic (exact) mass is 831 g/mol. The fourth-order valence-corrected chi connectivity index (χ4v) is 9.27. The first-order valence-corrected chi connectivity index (χ1v) is 24.2. The van der Waals surface area contributed by atoms with Gasteiger partial charge in [-0.2, -0.15) is 17.0 Å². The van der Waals surface area contributed by atoms with E-state index in [2.05, 4.69) is 108 Å². The molecule has 0 spiro atoms. The molecule has 4 aliphatic rings. The van der Waals surface area contributed by atoms with Crippen molar-refractivity contribution in [3.05, 3.63) is 0 Å². The Morgan fingerprint density at radius 3 is 1.14 bits per heavy atom. The van der Waals surface area contributed by atoms with Gasteiger partial charge in [0.25, 0.3) is 10.2 Å². The number of piperazine rings is 3. The van der Waals surface area contributed by atoms with Gasteiger partial charge in [0.05, 0.1) is 12.2 Å². The van der Waals surface area contributed by atoms with E-state index in [1.807, 2.05) is 32.6 Å². The molecule has 12 nitrogen and oxygen atoms in total. The van der Waals surface area contributed by atoms with Crippen molar-refractivity contribution in [2.45, 2.75) is 166 Å². The lowest BCUT2D eigenvalue weighted by Crippen LogP contribution is -2.54. The number of hydrogen-bond donors (Lipinski definition) is 0. The maximum atomic E-state index is 12.3. The summed E-state index contributed by atoms with van der Waals surface area (Å²) in [7, 11) is -1.60. The molecule has 0 bridgehead atoms. The van der Waals surface area contributed by atoms with E-state index in [1.165, 1.54) is 56.4 Å². The van der Waals surface area contributed by atoms with Gasteiger partial charge in [0.1, 0.15) is 0 Å². The number of likely N-dealkylation sites (tertiary alicyclic amines) is 1. The van der Waals surface area contributed by atoms with Gasteiger partial charge < -0.3 is 14.5 Å². The third-order valence-electron chi connectivity index (χ3n) is 11.7. The van der Waals surface area contributed by atoms with Crippen molar-refractivity contribution in [3.63, 3.8) is 0 Å². The molecule has 0 aliphatic carbocycles. The van der Waals surface area contributed by atoms with Crippen LogP contribution in [-0.2, 0) is 19.7 Å². The van der Waals surface area contributed by atoms with E-state index in [-0.39, 0.29) is 5.92 Å². The van der Waals surface area contributed by atoms with Gasteiger partial charge in [0.15, 0.2) is 0 Å². The predicted molar refractivity (Wildman–Crippen MR) is 242 cm³/mol. The Morgan fingerprint density at radius 2 is 0.842 bits per heavy atom. The summed E-state index contributed by atoms with van der Waals surface area (Å²) in [5, 5.41) is 0. The van der Waals surface area contributed by atoms with Gasteiger partial charge in [0, 0.05) is 141 Å².